The highest BCUT2D eigenvalue weighted by Crippen LogP contribution is 2.30. The minimum Gasteiger partial charge on any atom is -0.350 e. The SMILES string of the molecule is CCC1CCC(CNC(=O)C(F)(F)C(F)F)CC1. The Bertz CT molecular complexity index is 275. The van der Waals surface area contributed by atoms with Crippen molar-refractivity contribution in [3.05, 3.63) is 0 Å². The lowest BCUT2D eigenvalue weighted by atomic mass is 9.81. The Morgan fingerprint density at radius 2 is 1.72 bits per heavy atom. The van der Waals surface area contributed by atoms with Crippen LogP contribution in [-0.2, 0) is 4.79 Å². The lowest BCUT2D eigenvalue weighted by Gasteiger charge is -2.28. The van der Waals surface area contributed by atoms with Crippen LogP contribution in [0.25, 0.3) is 0 Å². The highest BCUT2D eigenvalue weighted by molar-refractivity contribution is 5.83. The Labute approximate surface area is 104 Å². The van der Waals surface area contributed by atoms with Crippen molar-refractivity contribution in [2.45, 2.75) is 51.4 Å². The molecule has 0 radical (unpaired) electrons. The van der Waals surface area contributed by atoms with Crippen LogP contribution in [0, 0.1) is 11.8 Å². The molecule has 1 fully saturated rings. The van der Waals surface area contributed by atoms with Crippen LogP contribution in [0.2, 0.25) is 0 Å². The Balaban J connectivity index is 2.32. The molecule has 1 N–H and O–H groups in total. The lowest BCUT2D eigenvalue weighted by molar-refractivity contribution is -0.169. The van der Waals surface area contributed by atoms with Crippen LogP contribution in [0.5, 0.6) is 0 Å². The molecule has 0 saturated heterocycles. The van der Waals surface area contributed by atoms with E-state index in [2.05, 4.69) is 6.92 Å². The Kier molecular flexibility index (Phi) is 5.41. The van der Waals surface area contributed by atoms with E-state index in [1.165, 1.54) is 0 Å². The first-order chi connectivity index (χ1) is 8.37. The summed E-state index contributed by atoms with van der Waals surface area (Å²) in [6, 6.07) is 0. The smallest absolute Gasteiger partial charge is 0.350 e. The van der Waals surface area contributed by atoms with Crippen molar-refractivity contribution in [1.82, 2.24) is 5.32 Å². The summed E-state index contributed by atoms with van der Waals surface area (Å²) in [5.41, 5.74) is 0. The topological polar surface area (TPSA) is 29.1 Å². The van der Waals surface area contributed by atoms with Gasteiger partial charge >= 0.3 is 12.3 Å². The summed E-state index contributed by atoms with van der Waals surface area (Å²) < 4.78 is 49.1. The predicted molar refractivity (Wildman–Crippen MR) is 59.7 cm³/mol. The van der Waals surface area contributed by atoms with Crippen molar-refractivity contribution < 1.29 is 22.4 Å². The molecular formula is C12H19F4NO. The predicted octanol–water partition coefficient (Wildman–Crippen LogP) is 3.22. The fourth-order valence-corrected chi connectivity index (χ4v) is 2.30. The van der Waals surface area contributed by atoms with Crippen LogP contribution in [0.3, 0.4) is 0 Å². The van der Waals surface area contributed by atoms with Crippen molar-refractivity contribution in [1.29, 1.82) is 0 Å². The van der Waals surface area contributed by atoms with E-state index in [1.807, 2.05) is 5.32 Å². The van der Waals surface area contributed by atoms with Gasteiger partial charge in [-0.2, -0.15) is 8.78 Å². The van der Waals surface area contributed by atoms with Gasteiger partial charge in [-0.15, -0.1) is 0 Å². The molecule has 106 valence electrons. The number of nitrogens with one attached hydrogen (secondary N) is 1. The molecule has 0 aliphatic heterocycles. The molecule has 1 amide bonds. The zero-order chi connectivity index (χ0) is 13.8. The number of alkyl halides is 4. The number of amides is 1. The number of carbonyl (C=O) groups excluding carboxylic acids is 1. The molecular weight excluding hydrogens is 250 g/mol. The largest absolute Gasteiger partial charge is 0.383 e. The van der Waals surface area contributed by atoms with Gasteiger partial charge in [0.05, 0.1) is 0 Å². The minimum absolute atomic E-state index is 0.0670. The molecule has 6 heteroatoms. The first kappa shape index (κ1) is 15.2. The van der Waals surface area contributed by atoms with Gasteiger partial charge in [-0.1, -0.05) is 26.2 Å². The number of hydrogen-bond donors (Lipinski definition) is 1. The summed E-state index contributed by atoms with van der Waals surface area (Å²) in [5.74, 6) is -5.65. The van der Waals surface area contributed by atoms with Crippen LogP contribution in [-0.4, -0.2) is 24.8 Å². The van der Waals surface area contributed by atoms with Gasteiger partial charge in [-0.3, -0.25) is 4.79 Å². The molecule has 0 aromatic heterocycles. The van der Waals surface area contributed by atoms with Gasteiger partial charge in [-0.05, 0) is 24.7 Å². The maximum atomic E-state index is 12.6. The molecule has 1 aliphatic rings. The first-order valence-electron chi connectivity index (χ1n) is 6.32. The number of rotatable bonds is 5. The van der Waals surface area contributed by atoms with E-state index in [4.69, 9.17) is 0 Å². The maximum Gasteiger partial charge on any atom is 0.383 e. The zero-order valence-electron chi connectivity index (χ0n) is 10.4. The van der Waals surface area contributed by atoms with Gasteiger partial charge in [0.1, 0.15) is 0 Å². The van der Waals surface area contributed by atoms with E-state index < -0.39 is 18.3 Å². The number of carbonyl (C=O) groups is 1. The third-order valence-electron chi connectivity index (χ3n) is 3.67. The van der Waals surface area contributed by atoms with Crippen molar-refractivity contribution in [3.8, 4) is 0 Å². The highest BCUT2D eigenvalue weighted by Gasteiger charge is 2.48. The normalized spacial score (nSPS) is 25.2. The molecule has 0 aromatic carbocycles. The summed E-state index contributed by atoms with van der Waals surface area (Å²) >= 11 is 0. The standard InChI is InChI=1S/C12H19F4NO/c1-2-8-3-5-9(6-4-8)7-17-11(18)12(15,16)10(13)14/h8-10H,2-7H2,1H3,(H,17,18). The first-order valence-corrected chi connectivity index (χ1v) is 6.32. The third kappa shape index (κ3) is 3.85. The lowest BCUT2D eigenvalue weighted by Crippen LogP contribution is -2.46. The van der Waals surface area contributed by atoms with Gasteiger partial charge in [0, 0.05) is 6.54 Å². The summed E-state index contributed by atoms with van der Waals surface area (Å²) in [6.07, 6.45) is 0.902. The fourth-order valence-electron chi connectivity index (χ4n) is 2.30. The molecule has 18 heavy (non-hydrogen) atoms. The monoisotopic (exact) mass is 269 g/mol. The quantitative estimate of drug-likeness (QED) is 0.763. The van der Waals surface area contributed by atoms with Crippen molar-refractivity contribution >= 4 is 5.91 Å². The molecule has 1 rings (SSSR count). The molecule has 2 nitrogen and oxygen atoms in total. The average Bonchev–Trinajstić information content (AvgIpc) is 2.36. The minimum atomic E-state index is -4.58. The molecule has 0 heterocycles. The second-order valence-corrected chi connectivity index (χ2v) is 4.93. The van der Waals surface area contributed by atoms with Crippen LogP contribution in [0.4, 0.5) is 17.6 Å². The van der Waals surface area contributed by atoms with Gasteiger partial charge in [0.2, 0.25) is 0 Å². The van der Waals surface area contributed by atoms with Crippen LogP contribution in [0.1, 0.15) is 39.0 Å². The van der Waals surface area contributed by atoms with Crippen LogP contribution in [0.15, 0.2) is 0 Å². The second kappa shape index (κ2) is 6.38. The van der Waals surface area contributed by atoms with Crippen molar-refractivity contribution in [3.63, 3.8) is 0 Å². The second-order valence-electron chi connectivity index (χ2n) is 4.93. The van der Waals surface area contributed by atoms with E-state index in [9.17, 15) is 22.4 Å². The average molecular weight is 269 g/mol. The molecule has 1 saturated carbocycles. The molecule has 0 atom stereocenters. The highest BCUT2D eigenvalue weighted by atomic mass is 19.3. The Hall–Kier alpha value is -0.810. The summed E-state index contributed by atoms with van der Waals surface area (Å²) in [4.78, 5) is 10.9. The van der Waals surface area contributed by atoms with E-state index in [0.29, 0.717) is 5.92 Å². The Morgan fingerprint density at radius 1 is 1.22 bits per heavy atom. The molecule has 0 spiro atoms. The van der Waals surface area contributed by atoms with Crippen molar-refractivity contribution in [2.24, 2.45) is 11.8 Å². The van der Waals surface area contributed by atoms with Gasteiger partial charge in [0.25, 0.3) is 5.91 Å². The van der Waals surface area contributed by atoms with E-state index in [-0.39, 0.29) is 12.5 Å². The van der Waals surface area contributed by atoms with E-state index in [1.54, 1.807) is 0 Å². The fraction of sp³-hybridized carbons (Fsp3) is 0.917. The van der Waals surface area contributed by atoms with Gasteiger partial charge in [0.15, 0.2) is 0 Å². The maximum absolute atomic E-state index is 12.6. The van der Waals surface area contributed by atoms with E-state index in [0.717, 1.165) is 32.1 Å². The Morgan fingerprint density at radius 3 is 2.17 bits per heavy atom. The molecule has 0 bridgehead atoms. The molecule has 1 aliphatic carbocycles. The molecule has 0 unspecified atom stereocenters. The number of halogens is 4. The summed E-state index contributed by atoms with van der Waals surface area (Å²) in [5, 5.41) is 1.94. The molecule has 0 aromatic rings. The summed E-state index contributed by atoms with van der Waals surface area (Å²) in [7, 11) is 0. The van der Waals surface area contributed by atoms with Gasteiger partial charge < -0.3 is 5.32 Å². The van der Waals surface area contributed by atoms with Gasteiger partial charge in [-0.25, -0.2) is 8.78 Å². The van der Waals surface area contributed by atoms with Crippen LogP contribution >= 0.6 is 0 Å². The number of hydrogen-bond acceptors (Lipinski definition) is 1. The third-order valence-corrected chi connectivity index (χ3v) is 3.67. The zero-order valence-corrected chi connectivity index (χ0v) is 10.4. The van der Waals surface area contributed by atoms with Crippen LogP contribution < -0.4 is 5.32 Å². The van der Waals surface area contributed by atoms with E-state index >= 15 is 0 Å². The van der Waals surface area contributed by atoms with Crippen molar-refractivity contribution in [2.75, 3.05) is 6.54 Å². The summed E-state index contributed by atoms with van der Waals surface area (Å²) in [6.45, 7) is 2.17.